The van der Waals surface area contributed by atoms with E-state index in [2.05, 4.69) is 15.2 Å². The average Bonchev–Trinajstić information content (AvgIpc) is 2.55. The zero-order chi connectivity index (χ0) is 12.3. The van der Waals surface area contributed by atoms with Crippen LogP contribution in [-0.4, -0.2) is 28.9 Å². The van der Waals surface area contributed by atoms with Crippen LogP contribution >= 0.6 is 0 Å². The summed E-state index contributed by atoms with van der Waals surface area (Å²) in [7, 11) is 1.35. The molecule has 0 bridgehead atoms. The van der Waals surface area contributed by atoms with Crippen molar-refractivity contribution in [2.45, 2.75) is 33.4 Å². The number of anilines is 2. The number of nitrogen functional groups attached to an aromatic ring is 1. The number of aryl methyl sites for hydroxylation is 2. The summed E-state index contributed by atoms with van der Waals surface area (Å²) >= 11 is 0. The van der Waals surface area contributed by atoms with Crippen LogP contribution < -0.4 is 11.1 Å². The van der Waals surface area contributed by atoms with E-state index in [4.69, 9.17) is 5.73 Å². The van der Waals surface area contributed by atoms with Gasteiger partial charge in [0.25, 0.3) is 0 Å². The molecule has 0 radical (unpaired) electrons. The van der Waals surface area contributed by atoms with Crippen molar-refractivity contribution in [1.29, 1.82) is 0 Å². The fourth-order valence-corrected chi connectivity index (χ4v) is 1.42. The Morgan fingerprint density at radius 1 is 1.69 bits per heavy atom. The van der Waals surface area contributed by atoms with Crippen LogP contribution in [0.2, 0.25) is 0 Å². The van der Waals surface area contributed by atoms with Crippen LogP contribution in [0.3, 0.4) is 0 Å². The highest BCUT2D eigenvalue weighted by Gasteiger charge is 2.18. The van der Waals surface area contributed by atoms with Crippen LogP contribution in [0.1, 0.15) is 19.5 Å². The van der Waals surface area contributed by atoms with Crippen molar-refractivity contribution in [1.82, 2.24) is 9.78 Å². The van der Waals surface area contributed by atoms with Gasteiger partial charge in [0.2, 0.25) is 0 Å². The van der Waals surface area contributed by atoms with Gasteiger partial charge in [0.15, 0.2) is 0 Å². The number of nitrogens with one attached hydrogen (secondary N) is 1. The van der Waals surface area contributed by atoms with E-state index in [1.165, 1.54) is 7.11 Å². The maximum absolute atomic E-state index is 11.3. The molecule has 0 aliphatic carbocycles. The van der Waals surface area contributed by atoms with Crippen LogP contribution in [-0.2, 0) is 16.1 Å². The third-order valence-corrected chi connectivity index (χ3v) is 2.38. The highest BCUT2D eigenvalue weighted by molar-refractivity contribution is 5.80. The molecule has 0 fully saturated rings. The van der Waals surface area contributed by atoms with Gasteiger partial charge in [-0.15, -0.1) is 0 Å². The van der Waals surface area contributed by atoms with E-state index in [1.54, 1.807) is 11.6 Å². The first-order chi connectivity index (χ1) is 7.51. The van der Waals surface area contributed by atoms with E-state index in [0.29, 0.717) is 18.1 Å². The molecule has 0 saturated heterocycles. The van der Waals surface area contributed by atoms with E-state index in [1.807, 2.05) is 13.8 Å². The monoisotopic (exact) mass is 226 g/mol. The maximum atomic E-state index is 11.3. The molecule has 3 N–H and O–H groups in total. The normalized spacial score (nSPS) is 12.2. The van der Waals surface area contributed by atoms with E-state index in [0.717, 1.165) is 5.69 Å². The molecule has 1 unspecified atom stereocenters. The van der Waals surface area contributed by atoms with Gasteiger partial charge in [0.1, 0.15) is 11.9 Å². The number of hydrogen-bond acceptors (Lipinski definition) is 5. The summed E-state index contributed by atoms with van der Waals surface area (Å²) < 4.78 is 6.36. The highest BCUT2D eigenvalue weighted by atomic mass is 16.5. The Morgan fingerprint density at radius 3 is 2.81 bits per heavy atom. The molecule has 1 aromatic rings. The van der Waals surface area contributed by atoms with Crippen molar-refractivity contribution >= 4 is 17.5 Å². The van der Waals surface area contributed by atoms with Gasteiger partial charge >= 0.3 is 5.97 Å². The minimum absolute atomic E-state index is 0.332. The van der Waals surface area contributed by atoms with Gasteiger partial charge in [-0.05, 0) is 20.8 Å². The van der Waals surface area contributed by atoms with Crippen LogP contribution in [0.15, 0.2) is 0 Å². The van der Waals surface area contributed by atoms with Crippen molar-refractivity contribution in [3.8, 4) is 0 Å². The number of rotatable bonds is 4. The number of aromatic nitrogens is 2. The molecule has 1 rings (SSSR count). The molecule has 6 heteroatoms. The summed E-state index contributed by atoms with van der Waals surface area (Å²) in [4.78, 5) is 11.3. The molecule has 0 spiro atoms. The first kappa shape index (κ1) is 12.4. The number of methoxy groups -OCH3 is 1. The third kappa shape index (κ3) is 2.26. The van der Waals surface area contributed by atoms with Gasteiger partial charge in [-0.2, -0.15) is 5.10 Å². The Bertz CT molecular complexity index is 386. The lowest BCUT2D eigenvalue weighted by atomic mass is 10.3. The van der Waals surface area contributed by atoms with Crippen LogP contribution in [0.4, 0.5) is 11.5 Å². The van der Waals surface area contributed by atoms with Crippen LogP contribution in [0.25, 0.3) is 0 Å². The van der Waals surface area contributed by atoms with Crippen molar-refractivity contribution in [3.05, 3.63) is 5.69 Å². The largest absolute Gasteiger partial charge is 0.467 e. The Hall–Kier alpha value is -1.72. The molecule has 0 aliphatic rings. The number of carbonyl (C=O) groups excluding carboxylic acids is 1. The lowest BCUT2D eigenvalue weighted by molar-refractivity contribution is -0.141. The van der Waals surface area contributed by atoms with E-state index < -0.39 is 6.04 Å². The van der Waals surface area contributed by atoms with Gasteiger partial charge in [0.05, 0.1) is 18.5 Å². The Balaban J connectivity index is 2.91. The molecule has 1 atom stereocenters. The van der Waals surface area contributed by atoms with Crippen LogP contribution in [0.5, 0.6) is 0 Å². The summed E-state index contributed by atoms with van der Waals surface area (Å²) in [5, 5.41) is 7.25. The quantitative estimate of drug-likeness (QED) is 0.741. The second kappa shape index (κ2) is 4.87. The molecule has 0 saturated carbocycles. The second-order valence-corrected chi connectivity index (χ2v) is 3.55. The minimum Gasteiger partial charge on any atom is -0.467 e. The molecule has 0 amide bonds. The van der Waals surface area contributed by atoms with Gasteiger partial charge in [0, 0.05) is 6.54 Å². The van der Waals surface area contributed by atoms with Gasteiger partial charge < -0.3 is 15.8 Å². The zero-order valence-electron chi connectivity index (χ0n) is 10.1. The lowest BCUT2D eigenvalue weighted by Crippen LogP contribution is -2.28. The number of nitrogens with two attached hydrogens (primary N) is 1. The van der Waals surface area contributed by atoms with Gasteiger partial charge in [-0.25, -0.2) is 9.48 Å². The number of nitrogens with zero attached hydrogens (tertiary/aromatic N) is 2. The molecule has 0 aromatic carbocycles. The molecular weight excluding hydrogens is 208 g/mol. The lowest BCUT2D eigenvalue weighted by Gasteiger charge is -2.14. The average molecular weight is 226 g/mol. The number of ether oxygens (including phenoxy) is 1. The van der Waals surface area contributed by atoms with Gasteiger partial charge in [-0.3, -0.25) is 0 Å². The molecular formula is C10H18N4O2. The summed E-state index contributed by atoms with van der Waals surface area (Å²) in [6.45, 7) is 6.19. The molecule has 1 aromatic heterocycles. The Kier molecular flexibility index (Phi) is 3.76. The number of esters is 1. The topological polar surface area (TPSA) is 82.2 Å². The standard InChI is InChI=1S/C10H18N4O2/c1-5-14-9(8(11)6(2)13-14)12-7(3)10(15)16-4/h7,12H,5,11H2,1-4H3. The van der Waals surface area contributed by atoms with Crippen molar-refractivity contribution in [2.75, 3.05) is 18.2 Å². The summed E-state index contributed by atoms with van der Waals surface area (Å²) in [6, 6.07) is -0.450. The predicted octanol–water partition coefficient (Wildman–Crippen LogP) is 0.767. The first-order valence-corrected chi connectivity index (χ1v) is 5.18. The number of hydrogen-bond donors (Lipinski definition) is 2. The smallest absolute Gasteiger partial charge is 0.328 e. The van der Waals surface area contributed by atoms with Crippen LogP contribution in [0, 0.1) is 6.92 Å². The highest BCUT2D eigenvalue weighted by Crippen LogP contribution is 2.22. The Morgan fingerprint density at radius 2 is 2.31 bits per heavy atom. The SMILES string of the molecule is CCn1nc(C)c(N)c1NC(C)C(=O)OC. The van der Waals surface area contributed by atoms with Crippen molar-refractivity contribution in [3.63, 3.8) is 0 Å². The minimum atomic E-state index is -0.450. The molecule has 0 aliphatic heterocycles. The Labute approximate surface area is 94.8 Å². The summed E-state index contributed by atoms with van der Waals surface area (Å²) in [6.07, 6.45) is 0. The molecule has 6 nitrogen and oxygen atoms in total. The van der Waals surface area contributed by atoms with Crippen molar-refractivity contribution in [2.24, 2.45) is 0 Å². The molecule has 16 heavy (non-hydrogen) atoms. The second-order valence-electron chi connectivity index (χ2n) is 3.55. The van der Waals surface area contributed by atoms with Gasteiger partial charge in [-0.1, -0.05) is 0 Å². The fourth-order valence-electron chi connectivity index (χ4n) is 1.42. The summed E-state index contributed by atoms with van der Waals surface area (Å²) in [5.74, 6) is 0.332. The zero-order valence-corrected chi connectivity index (χ0v) is 10.1. The molecule has 90 valence electrons. The number of carbonyl (C=O) groups is 1. The molecule has 1 heterocycles. The van der Waals surface area contributed by atoms with E-state index >= 15 is 0 Å². The maximum Gasteiger partial charge on any atom is 0.328 e. The van der Waals surface area contributed by atoms with E-state index in [-0.39, 0.29) is 5.97 Å². The fraction of sp³-hybridized carbons (Fsp3) is 0.600. The predicted molar refractivity (Wildman–Crippen MR) is 62.2 cm³/mol. The van der Waals surface area contributed by atoms with Crippen molar-refractivity contribution < 1.29 is 9.53 Å². The first-order valence-electron chi connectivity index (χ1n) is 5.18. The van der Waals surface area contributed by atoms with E-state index in [9.17, 15) is 4.79 Å². The summed E-state index contributed by atoms with van der Waals surface area (Å²) in [5.41, 5.74) is 7.19. The third-order valence-electron chi connectivity index (χ3n) is 2.38.